The van der Waals surface area contributed by atoms with Gasteiger partial charge in [-0.1, -0.05) is 6.07 Å². The smallest absolute Gasteiger partial charge is 0.141 e. The molecule has 1 aromatic carbocycles. The van der Waals surface area contributed by atoms with E-state index in [2.05, 4.69) is 11.8 Å². The minimum absolute atomic E-state index is 0.0999. The van der Waals surface area contributed by atoms with Gasteiger partial charge in [0.2, 0.25) is 0 Å². The number of aldehydes is 1. The highest BCUT2D eigenvalue weighted by Crippen LogP contribution is 2.31. The second kappa shape index (κ2) is 5.53. The zero-order valence-corrected chi connectivity index (χ0v) is 11.4. The molecule has 2 rings (SSSR count). The molecule has 0 saturated carbocycles. The molecule has 1 aliphatic rings. The van der Waals surface area contributed by atoms with Gasteiger partial charge in [-0.2, -0.15) is 0 Å². The van der Waals surface area contributed by atoms with Crippen LogP contribution in [0, 0.1) is 13.8 Å². The Kier molecular flexibility index (Phi) is 4.02. The van der Waals surface area contributed by atoms with Crippen molar-refractivity contribution in [3.8, 4) is 5.75 Å². The first kappa shape index (κ1) is 13.1. The van der Waals surface area contributed by atoms with Crippen LogP contribution < -0.4 is 4.74 Å². The van der Waals surface area contributed by atoms with Crippen LogP contribution in [-0.2, 0) is 4.79 Å². The van der Waals surface area contributed by atoms with Crippen molar-refractivity contribution in [1.82, 2.24) is 4.90 Å². The molecule has 1 unspecified atom stereocenters. The van der Waals surface area contributed by atoms with Crippen molar-refractivity contribution in [3.05, 3.63) is 28.8 Å². The van der Waals surface area contributed by atoms with Crippen molar-refractivity contribution >= 4 is 6.29 Å². The maximum Gasteiger partial charge on any atom is 0.141 e. The molecule has 1 heterocycles. The fourth-order valence-corrected chi connectivity index (χ4v) is 2.73. The third kappa shape index (κ3) is 2.27. The van der Waals surface area contributed by atoms with E-state index in [1.807, 2.05) is 19.1 Å². The second-order valence-electron chi connectivity index (χ2n) is 4.93. The van der Waals surface area contributed by atoms with E-state index in [9.17, 15) is 4.79 Å². The van der Waals surface area contributed by atoms with Crippen LogP contribution in [0.2, 0.25) is 0 Å². The van der Waals surface area contributed by atoms with Crippen LogP contribution in [0.15, 0.2) is 12.1 Å². The van der Waals surface area contributed by atoms with Crippen molar-refractivity contribution in [2.24, 2.45) is 0 Å². The number of hydrogen-bond acceptors (Lipinski definition) is 3. The number of likely N-dealkylation sites (tertiary alicyclic amines) is 1. The summed E-state index contributed by atoms with van der Waals surface area (Å²) in [4.78, 5) is 13.7. The Morgan fingerprint density at radius 2 is 1.89 bits per heavy atom. The molecule has 0 bridgehead atoms. The zero-order valence-electron chi connectivity index (χ0n) is 11.4. The number of rotatable bonds is 4. The van der Waals surface area contributed by atoms with E-state index in [0.29, 0.717) is 0 Å². The Bertz CT molecular complexity index is 436. The Hall–Kier alpha value is -1.35. The molecule has 1 aromatic rings. The summed E-state index contributed by atoms with van der Waals surface area (Å²) in [6.45, 7) is 6.16. The number of methoxy groups -OCH3 is 1. The van der Waals surface area contributed by atoms with Crippen molar-refractivity contribution in [2.45, 2.75) is 32.7 Å². The van der Waals surface area contributed by atoms with Crippen LogP contribution in [0.4, 0.5) is 0 Å². The highest BCUT2D eigenvalue weighted by atomic mass is 16.5. The van der Waals surface area contributed by atoms with Crippen LogP contribution in [0.3, 0.4) is 0 Å². The molecule has 0 radical (unpaired) electrons. The predicted molar refractivity (Wildman–Crippen MR) is 72.1 cm³/mol. The van der Waals surface area contributed by atoms with Crippen LogP contribution in [0.1, 0.15) is 35.6 Å². The molecule has 1 fully saturated rings. The van der Waals surface area contributed by atoms with Crippen LogP contribution in [-0.4, -0.2) is 31.4 Å². The van der Waals surface area contributed by atoms with Gasteiger partial charge in [0.25, 0.3) is 0 Å². The third-order valence-electron chi connectivity index (χ3n) is 3.98. The summed E-state index contributed by atoms with van der Waals surface area (Å²) in [6, 6.07) is 3.89. The first-order chi connectivity index (χ1) is 8.69. The highest BCUT2D eigenvalue weighted by Gasteiger charge is 2.25. The molecular formula is C15H21NO2. The van der Waals surface area contributed by atoms with Gasteiger partial charge in [0, 0.05) is 0 Å². The largest absolute Gasteiger partial charge is 0.496 e. The minimum atomic E-state index is -0.0999. The molecule has 0 spiro atoms. The molecule has 1 saturated heterocycles. The van der Waals surface area contributed by atoms with E-state index in [-0.39, 0.29) is 6.04 Å². The minimum Gasteiger partial charge on any atom is -0.496 e. The van der Waals surface area contributed by atoms with E-state index in [1.165, 1.54) is 18.4 Å². The van der Waals surface area contributed by atoms with Gasteiger partial charge >= 0.3 is 0 Å². The summed E-state index contributed by atoms with van der Waals surface area (Å²) >= 11 is 0. The summed E-state index contributed by atoms with van der Waals surface area (Å²) in [6.07, 6.45) is 3.45. The summed E-state index contributed by atoms with van der Waals surface area (Å²) < 4.78 is 5.32. The van der Waals surface area contributed by atoms with Crippen molar-refractivity contribution in [1.29, 1.82) is 0 Å². The molecule has 3 nitrogen and oxygen atoms in total. The zero-order chi connectivity index (χ0) is 13.1. The lowest BCUT2D eigenvalue weighted by Crippen LogP contribution is -2.27. The van der Waals surface area contributed by atoms with Gasteiger partial charge in [0.05, 0.1) is 13.2 Å². The lowest BCUT2D eigenvalue weighted by Gasteiger charge is -2.25. The Morgan fingerprint density at radius 3 is 2.44 bits per heavy atom. The second-order valence-corrected chi connectivity index (χ2v) is 4.93. The Balaban J connectivity index is 2.36. The monoisotopic (exact) mass is 247 g/mol. The standard InChI is InChI=1S/C15H21NO2/c1-11-12(2)15(18-3)7-6-13(11)14(10-17)16-8-4-5-9-16/h6-7,10,14H,4-5,8-9H2,1-3H3. The number of nitrogens with zero attached hydrogens (tertiary/aromatic N) is 1. The average molecular weight is 247 g/mol. The molecule has 3 heteroatoms. The highest BCUT2D eigenvalue weighted by molar-refractivity contribution is 5.64. The molecule has 18 heavy (non-hydrogen) atoms. The van der Waals surface area contributed by atoms with Gasteiger partial charge in [-0.25, -0.2) is 0 Å². The van der Waals surface area contributed by atoms with Crippen LogP contribution in [0.25, 0.3) is 0 Å². The fraction of sp³-hybridized carbons (Fsp3) is 0.533. The van der Waals surface area contributed by atoms with E-state index in [1.54, 1.807) is 7.11 Å². The van der Waals surface area contributed by atoms with Gasteiger partial charge in [-0.05, 0) is 62.5 Å². The molecule has 0 aliphatic carbocycles. The number of benzene rings is 1. The Morgan fingerprint density at radius 1 is 1.22 bits per heavy atom. The fourth-order valence-electron chi connectivity index (χ4n) is 2.73. The molecule has 1 atom stereocenters. The number of carbonyl (C=O) groups excluding carboxylic acids is 1. The van der Waals surface area contributed by atoms with Gasteiger partial charge in [0.15, 0.2) is 0 Å². The molecule has 0 N–H and O–H groups in total. The lowest BCUT2D eigenvalue weighted by atomic mass is 9.96. The number of carbonyl (C=O) groups is 1. The van der Waals surface area contributed by atoms with E-state index in [0.717, 1.165) is 36.3 Å². The normalized spacial score (nSPS) is 17.7. The quantitative estimate of drug-likeness (QED) is 0.766. The van der Waals surface area contributed by atoms with E-state index < -0.39 is 0 Å². The predicted octanol–water partition coefficient (Wildman–Crippen LogP) is 2.65. The van der Waals surface area contributed by atoms with Gasteiger partial charge in [0.1, 0.15) is 12.0 Å². The molecule has 0 aromatic heterocycles. The summed E-state index contributed by atoms with van der Waals surface area (Å²) in [5.41, 5.74) is 3.41. The molecule has 98 valence electrons. The lowest BCUT2D eigenvalue weighted by molar-refractivity contribution is -0.112. The maximum absolute atomic E-state index is 11.4. The van der Waals surface area contributed by atoms with Crippen molar-refractivity contribution < 1.29 is 9.53 Å². The van der Waals surface area contributed by atoms with Gasteiger partial charge in [-0.15, -0.1) is 0 Å². The number of ether oxygens (including phenoxy) is 1. The summed E-state index contributed by atoms with van der Waals surface area (Å²) in [7, 11) is 1.68. The first-order valence-electron chi connectivity index (χ1n) is 6.52. The molecule has 0 amide bonds. The first-order valence-corrected chi connectivity index (χ1v) is 6.52. The number of hydrogen-bond donors (Lipinski definition) is 0. The average Bonchev–Trinajstić information content (AvgIpc) is 2.89. The van der Waals surface area contributed by atoms with Crippen molar-refractivity contribution in [3.63, 3.8) is 0 Å². The third-order valence-corrected chi connectivity index (χ3v) is 3.98. The van der Waals surface area contributed by atoms with Crippen molar-refractivity contribution in [2.75, 3.05) is 20.2 Å². The van der Waals surface area contributed by atoms with Gasteiger partial charge in [-0.3, -0.25) is 4.90 Å². The van der Waals surface area contributed by atoms with E-state index >= 15 is 0 Å². The van der Waals surface area contributed by atoms with Crippen LogP contribution in [0.5, 0.6) is 5.75 Å². The van der Waals surface area contributed by atoms with E-state index in [4.69, 9.17) is 4.74 Å². The van der Waals surface area contributed by atoms with Gasteiger partial charge < -0.3 is 9.53 Å². The SMILES string of the molecule is COc1ccc(C(C=O)N2CCCC2)c(C)c1C. The molecular weight excluding hydrogens is 226 g/mol. The summed E-state index contributed by atoms with van der Waals surface area (Å²) in [5.74, 6) is 0.891. The Labute approximate surface area is 109 Å². The van der Waals surface area contributed by atoms with Crippen LogP contribution >= 0.6 is 0 Å². The molecule has 1 aliphatic heterocycles. The maximum atomic E-state index is 11.4. The summed E-state index contributed by atoms with van der Waals surface area (Å²) in [5, 5.41) is 0. The topological polar surface area (TPSA) is 29.5 Å².